The average molecular weight is 226 g/mol. The Hall–Kier alpha value is -1.02. The predicted octanol–water partition coefficient (Wildman–Crippen LogP) is 2.71. The number of benzene rings is 1. The molecule has 1 N–H and O–H groups in total. The minimum Gasteiger partial charge on any atom is -0.352 e. The summed E-state index contributed by atoms with van der Waals surface area (Å²) in [6.07, 6.45) is 2.34. The maximum atomic E-state index is 11.3. The van der Waals surface area contributed by atoms with Crippen molar-refractivity contribution in [2.45, 2.75) is 25.8 Å². The molecule has 0 aliphatic heterocycles. The molecule has 1 rings (SSSR count). The summed E-state index contributed by atoms with van der Waals surface area (Å²) in [6.45, 7) is 0.612. The number of halogens is 1. The maximum Gasteiger partial charge on any atom is 0.220 e. The van der Waals surface area contributed by atoms with Gasteiger partial charge in [-0.3, -0.25) is 4.79 Å². The minimum atomic E-state index is 0.101. The number of hydrogen-bond acceptors (Lipinski definition) is 1. The molecule has 0 spiro atoms. The first-order valence-electron chi connectivity index (χ1n) is 5.19. The SMILES string of the molecule is O=C(CCCCCl)NCc1ccccc1. The summed E-state index contributed by atoms with van der Waals surface area (Å²) < 4.78 is 0. The van der Waals surface area contributed by atoms with Crippen molar-refractivity contribution in [3.63, 3.8) is 0 Å². The van der Waals surface area contributed by atoms with Crippen LogP contribution in [-0.4, -0.2) is 11.8 Å². The van der Waals surface area contributed by atoms with E-state index in [0.29, 0.717) is 18.8 Å². The standard InChI is InChI=1S/C12H16ClNO/c13-9-5-4-8-12(15)14-10-11-6-2-1-3-7-11/h1-3,6-7H,4-5,8-10H2,(H,14,15). The molecule has 15 heavy (non-hydrogen) atoms. The van der Waals surface area contributed by atoms with Crippen LogP contribution >= 0.6 is 11.6 Å². The van der Waals surface area contributed by atoms with E-state index in [2.05, 4.69) is 5.32 Å². The van der Waals surface area contributed by atoms with Crippen molar-refractivity contribution in [2.75, 3.05) is 5.88 Å². The summed E-state index contributed by atoms with van der Waals surface area (Å²) >= 11 is 5.53. The molecule has 0 aromatic heterocycles. The Morgan fingerprint density at radius 1 is 1.20 bits per heavy atom. The fourth-order valence-electron chi connectivity index (χ4n) is 1.26. The summed E-state index contributed by atoms with van der Waals surface area (Å²) in [7, 11) is 0. The van der Waals surface area contributed by atoms with Gasteiger partial charge < -0.3 is 5.32 Å². The zero-order chi connectivity index (χ0) is 10.9. The Bertz CT molecular complexity index is 287. The molecule has 0 radical (unpaired) electrons. The lowest BCUT2D eigenvalue weighted by molar-refractivity contribution is -0.121. The van der Waals surface area contributed by atoms with Gasteiger partial charge in [0.15, 0.2) is 0 Å². The third-order valence-corrected chi connectivity index (χ3v) is 2.39. The Labute approximate surface area is 95.6 Å². The average Bonchev–Trinajstić information content (AvgIpc) is 2.28. The highest BCUT2D eigenvalue weighted by atomic mass is 35.5. The molecule has 0 bridgehead atoms. The molecule has 0 heterocycles. The number of amides is 1. The van der Waals surface area contributed by atoms with Crippen LogP contribution < -0.4 is 5.32 Å². The monoisotopic (exact) mass is 225 g/mol. The van der Waals surface area contributed by atoms with Gasteiger partial charge in [0.05, 0.1) is 0 Å². The van der Waals surface area contributed by atoms with Crippen molar-refractivity contribution in [3.8, 4) is 0 Å². The van der Waals surface area contributed by atoms with E-state index in [4.69, 9.17) is 11.6 Å². The Morgan fingerprint density at radius 3 is 2.60 bits per heavy atom. The first-order valence-corrected chi connectivity index (χ1v) is 5.73. The predicted molar refractivity (Wildman–Crippen MR) is 62.9 cm³/mol. The van der Waals surface area contributed by atoms with Crippen molar-refractivity contribution in [2.24, 2.45) is 0 Å². The number of carbonyl (C=O) groups is 1. The molecule has 0 atom stereocenters. The van der Waals surface area contributed by atoms with E-state index in [1.165, 1.54) is 0 Å². The smallest absolute Gasteiger partial charge is 0.220 e. The molecule has 0 aliphatic carbocycles. The fraction of sp³-hybridized carbons (Fsp3) is 0.417. The van der Waals surface area contributed by atoms with E-state index in [0.717, 1.165) is 18.4 Å². The third kappa shape index (κ3) is 5.43. The van der Waals surface area contributed by atoms with Gasteiger partial charge in [0.2, 0.25) is 5.91 Å². The molecule has 1 amide bonds. The molecule has 3 heteroatoms. The number of nitrogens with one attached hydrogen (secondary N) is 1. The molecule has 82 valence electrons. The van der Waals surface area contributed by atoms with Gasteiger partial charge >= 0.3 is 0 Å². The second-order valence-electron chi connectivity index (χ2n) is 3.41. The van der Waals surface area contributed by atoms with E-state index in [9.17, 15) is 4.79 Å². The lowest BCUT2D eigenvalue weighted by atomic mass is 10.2. The van der Waals surface area contributed by atoms with E-state index in [1.54, 1.807) is 0 Å². The van der Waals surface area contributed by atoms with Crippen molar-refractivity contribution in [1.82, 2.24) is 5.32 Å². The summed E-state index contributed by atoms with van der Waals surface area (Å²) in [6, 6.07) is 9.90. The zero-order valence-electron chi connectivity index (χ0n) is 8.71. The Morgan fingerprint density at radius 2 is 1.93 bits per heavy atom. The minimum absolute atomic E-state index is 0.101. The van der Waals surface area contributed by atoms with Crippen LogP contribution in [0.5, 0.6) is 0 Å². The van der Waals surface area contributed by atoms with Gasteiger partial charge in [0, 0.05) is 18.8 Å². The molecular formula is C12H16ClNO. The molecule has 2 nitrogen and oxygen atoms in total. The van der Waals surface area contributed by atoms with Crippen LogP contribution in [0.2, 0.25) is 0 Å². The van der Waals surface area contributed by atoms with E-state index < -0.39 is 0 Å². The van der Waals surface area contributed by atoms with Gasteiger partial charge in [-0.05, 0) is 18.4 Å². The van der Waals surface area contributed by atoms with Crippen LogP contribution in [0.25, 0.3) is 0 Å². The fourth-order valence-corrected chi connectivity index (χ4v) is 1.45. The first-order chi connectivity index (χ1) is 7.33. The normalized spacial score (nSPS) is 9.93. The largest absolute Gasteiger partial charge is 0.352 e. The quantitative estimate of drug-likeness (QED) is 0.586. The Kier molecular flexibility index (Phi) is 5.86. The molecule has 0 saturated carbocycles. The number of rotatable bonds is 6. The van der Waals surface area contributed by atoms with Crippen molar-refractivity contribution in [3.05, 3.63) is 35.9 Å². The van der Waals surface area contributed by atoms with Crippen LogP contribution in [0.4, 0.5) is 0 Å². The number of carbonyl (C=O) groups excluding carboxylic acids is 1. The van der Waals surface area contributed by atoms with Crippen LogP contribution in [-0.2, 0) is 11.3 Å². The topological polar surface area (TPSA) is 29.1 Å². The van der Waals surface area contributed by atoms with Crippen LogP contribution in [0, 0.1) is 0 Å². The summed E-state index contributed by atoms with van der Waals surface area (Å²) in [5.41, 5.74) is 1.13. The van der Waals surface area contributed by atoms with Gasteiger partial charge in [0.1, 0.15) is 0 Å². The Balaban J connectivity index is 2.17. The highest BCUT2D eigenvalue weighted by Crippen LogP contribution is 2.00. The van der Waals surface area contributed by atoms with Crippen LogP contribution in [0.3, 0.4) is 0 Å². The van der Waals surface area contributed by atoms with E-state index in [1.807, 2.05) is 30.3 Å². The first kappa shape index (κ1) is 12.1. The van der Waals surface area contributed by atoms with Gasteiger partial charge in [-0.25, -0.2) is 0 Å². The van der Waals surface area contributed by atoms with E-state index in [-0.39, 0.29) is 5.91 Å². The molecule has 0 saturated heterocycles. The lowest BCUT2D eigenvalue weighted by Gasteiger charge is -2.04. The van der Waals surface area contributed by atoms with Gasteiger partial charge in [-0.1, -0.05) is 30.3 Å². The summed E-state index contributed by atoms with van der Waals surface area (Å²) in [5, 5.41) is 2.88. The van der Waals surface area contributed by atoms with Crippen molar-refractivity contribution in [1.29, 1.82) is 0 Å². The lowest BCUT2D eigenvalue weighted by Crippen LogP contribution is -2.22. The second kappa shape index (κ2) is 7.30. The highest BCUT2D eigenvalue weighted by molar-refractivity contribution is 6.17. The maximum absolute atomic E-state index is 11.3. The molecule has 0 fully saturated rings. The van der Waals surface area contributed by atoms with E-state index >= 15 is 0 Å². The summed E-state index contributed by atoms with van der Waals surface area (Å²) in [5.74, 6) is 0.732. The molecule has 1 aromatic rings. The van der Waals surface area contributed by atoms with Gasteiger partial charge in [-0.2, -0.15) is 0 Å². The molecular weight excluding hydrogens is 210 g/mol. The second-order valence-corrected chi connectivity index (χ2v) is 3.79. The molecule has 0 aliphatic rings. The highest BCUT2D eigenvalue weighted by Gasteiger charge is 2.00. The van der Waals surface area contributed by atoms with Gasteiger partial charge in [-0.15, -0.1) is 11.6 Å². The third-order valence-electron chi connectivity index (χ3n) is 2.12. The van der Waals surface area contributed by atoms with Crippen LogP contribution in [0.1, 0.15) is 24.8 Å². The van der Waals surface area contributed by atoms with Crippen molar-refractivity contribution < 1.29 is 4.79 Å². The van der Waals surface area contributed by atoms with Gasteiger partial charge in [0.25, 0.3) is 0 Å². The molecule has 1 aromatic carbocycles. The number of unbranched alkanes of at least 4 members (excludes halogenated alkanes) is 1. The zero-order valence-corrected chi connectivity index (χ0v) is 9.46. The number of hydrogen-bond donors (Lipinski definition) is 1. The molecule has 0 unspecified atom stereocenters. The van der Waals surface area contributed by atoms with Crippen LogP contribution in [0.15, 0.2) is 30.3 Å². The summed E-state index contributed by atoms with van der Waals surface area (Å²) in [4.78, 5) is 11.3. The van der Waals surface area contributed by atoms with Crippen molar-refractivity contribution >= 4 is 17.5 Å². The number of alkyl halides is 1.